The van der Waals surface area contributed by atoms with Crippen LogP contribution in [0.4, 0.5) is 0 Å². The maximum atomic E-state index is 11.1. The number of amides is 1. The number of carbonyl (C=O) groups is 2. The smallest absolute Gasteiger partial charge is 0.306 e. The molecular weight excluding hydrogens is 194 g/mol. The van der Waals surface area contributed by atoms with Gasteiger partial charge in [-0.05, 0) is 12.0 Å². The fraction of sp³-hybridized carbons (Fsp3) is 0.273. The van der Waals surface area contributed by atoms with Gasteiger partial charge in [0, 0.05) is 6.42 Å². The van der Waals surface area contributed by atoms with Crippen molar-refractivity contribution in [2.24, 2.45) is 5.73 Å². The van der Waals surface area contributed by atoms with Gasteiger partial charge in [-0.25, -0.2) is 0 Å². The molecule has 1 rings (SSSR count). The normalized spacial score (nSPS) is 9.60. The van der Waals surface area contributed by atoms with Crippen LogP contribution in [0.15, 0.2) is 30.3 Å². The van der Waals surface area contributed by atoms with Gasteiger partial charge in [0.2, 0.25) is 0 Å². The Morgan fingerprint density at radius 2 is 1.87 bits per heavy atom. The number of hydrogen-bond donors (Lipinski definition) is 1. The number of esters is 1. The van der Waals surface area contributed by atoms with E-state index < -0.39 is 11.9 Å². The number of primary amides is 1. The van der Waals surface area contributed by atoms with Crippen LogP contribution in [-0.4, -0.2) is 18.5 Å². The van der Waals surface area contributed by atoms with Gasteiger partial charge < -0.3 is 10.5 Å². The first kappa shape index (κ1) is 11.2. The van der Waals surface area contributed by atoms with E-state index in [9.17, 15) is 9.59 Å². The molecular formula is C11H13NO3. The van der Waals surface area contributed by atoms with Gasteiger partial charge in [-0.15, -0.1) is 0 Å². The summed E-state index contributed by atoms with van der Waals surface area (Å²) >= 11 is 0. The highest BCUT2D eigenvalue weighted by Gasteiger charge is 2.04. The third kappa shape index (κ3) is 4.81. The second-order valence-corrected chi connectivity index (χ2v) is 3.11. The van der Waals surface area contributed by atoms with Crippen LogP contribution < -0.4 is 5.73 Å². The van der Waals surface area contributed by atoms with Crippen molar-refractivity contribution in [1.82, 2.24) is 0 Å². The van der Waals surface area contributed by atoms with Crippen molar-refractivity contribution in [1.29, 1.82) is 0 Å². The van der Waals surface area contributed by atoms with Crippen LogP contribution >= 0.6 is 0 Å². The molecule has 1 aromatic rings. The van der Waals surface area contributed by atoms with Gasteiger partial charge in [0.15, 0.2) is 6.61 Å². The van der Waals surface area contributed by atoms with Crippen LogP contribution in [-0.2, 0) is 20.7 Å². The lowest BCUT2D eigenvalue weighted by Gasteiger charge is -2.02. The lowest BCUT2D eigenvalue weighted by Crippen LogP contribution is -2.21. The van der Waals surface area contributed by atoms with Gasteiger partial charge in [-0.2, -0.15) is 0 Å². The molecule has 0 fully saturated rings. The number of hydrogen-bond acceptors (Lipinski definition) is 3. The maximum absolute atomic E-state index is 11.1. The molecule has 4 heteroatoms. The minimum atomic E-state index is -0.636. The van der Waals surface area contributed by atoms with E-state index >= 15 is 0 Å². The van der Waals surface area contributed by atoms with Gasteiger partial charge in [-0.1, -0.05) is 30.3 Å². The summed E-state index contributed by atoms with van der Waals surface area (Å²) in [4.78, 5) is 21.4. The predicted octanol–water partition coefficient (Wildman–Crippen LogP) is 0.648. The molecule has 0 radical (unpaired) electrons. The zero-order valence-electron chi connectivity index (χ0n) is 8.31. The van der Waals surface area contributed by atoms with E-state index in [1.807, 2.05) is 30.3 Å². The molecule has 1 aromatic carbocycles. The summed E-state index contributed by atoms with van der Waals surface area (Å²) in [6.45, 7) is -0.340. The van der Waals surface area contributed by atoms with E-state index in [2.05, 4.69) is 4.74 Å². The minimum absolute atomic E-state index is 0.261. The van der Waals surface area contributed by atoms with Gasteiger partial charge in [0.05, 0.1) is 0 Å². The van der Waals surface area contributed by atoms with Crippen LogP contribution in [0.3, 0.4) is 0 Å². The monoisotopic (exact) mass is 207 g/mol. The maximum Gasteiger partial charge on any atom is 0.306 e. The van der Waals surface area contributed by atoms with Crippen molar-refractivity contribution in [3.05, 3.63) is 35.9 Å². The second-order valence-electron chi connectivity index (χ2n) is 3.11. The van der Waals surface area contributed by atoms with Gasteiger partial charge >= 0.3 is 5.97 Å². The van der Waals surface area contributed by atoms with Gasteiger partial charge in [0.1, 0.15) is 0 Å². The predicted molar refractivity (Wildman–Crippen MR) is 54.9 cm³/mol. The Morgan fingerprint density at radius 3 is 2.47 bits per heavy atom. The van der Waals surface area contributed by atoms with Crippen molar-refractivity contribution in [2.45, 2.75) is 12.8 Å². The number of aryl methyl sites for hydroxylation is 1. The summed E-state index contributed by atoms with van der Waals surface area (Å²) in [7, 11) is 0. The molecule has 0 atom stereocenters. The summed E-state index contributed by atoms with van der Waals surface area (Å²) in [5.74, 6) is -1.04. The highest BCUT2D eigenvalue weighted by molar-refractivity contribution is 5.79. The minimum Gasteiger partial charge on any atom is -0.456 e. The first-order chi connectivity index (χ1) is 7.18. The van der Waals surface area contributed by atoms with Crippen molar-refractivity contribution in [2.75, 3.05) is 6.61 Å². The first-order valence-electron chi connectivity index (χ1n) is 4.66. The van der Waals surface area contributed by atoms with Crippen molar-refractivity contribution < 1.29 is 14.3 Å². The summed E-state index contributed by atoms with van der Waals surface area (Å²) < 4.78 is 4.61. The van der Waals surface area contributed by atoms with E-state index in [0.29, 0.717) is 6.42 Å². The molecule has 0 spiro atoms. The fourth-order valence-corrected chi connectivity index (χ4v) is 1.11. The van der Waals surface area contributed by atoms with Crippen LogP contribution in [0.25, 0.3) is 0 Å². The lowest BCUT2D eigenvalue weighted by atomic mass is 10.1. The first-order valence-corrected chi connectivity index (χ1v) is 4.66. The average molecular weight is 207 g/mol. The number of benzene rings is 1. The standard InChI is InChI=1S/C11H13NO3/c12-10(13)8-15-11(14)7-6-9-4-2-1-3-5-9/h1-5H,6-8H2,(H2,12,13). The molecule has 2 N–H and O–H groups in total. The van der Waals surface area contributed by atoms with E-state index in [4.69, 9.17) is 5.73 Å². The van der Waals surface area contributed by atoms with E-state index in [-0.39, 0.29) is 13.0 Å². The fourth-order valence-electron chi connectivity index (χ4n) is 1.11. The Labute approximate surface area is 88.0 Å². The van der Waals surface area contributed by atoms with E-state index in [1.54, 1.807) is 0 Å². The average Bonchev–Trinajstić information content (AvgIpc) is 2.25. The van der Waals surface area contributed by atoms with Gasteiger partial charge in [-0.3, -0.25) is 9.59 Å². The van der Waals surface area contributed by atoms with Crippen LogP contribution in [0.2, 0.25) is 0 Å². The summed E-state index contributed by atoms with van der Waals surface area (Å²) in [6, 6.07) is 9.59. The third-order valence-corrected chi connectivity index (χ3v) is 1.84. The molecule has 0 saturated carbocycles. The van der Waals surface area contributed by atoms with Crippen LogP contribution in [0.5, 0.6) is 0 Å². The van der Waals surface area contributed by atoms with E-state index in [1.165, 1.54) is 0 Å². The number of ether oxygens (including phenoxy) is 1. The molecule has 80 valence electrons. The zero-order valence-corrected chi connectivity index (χ0v) is 8.31. The Bertz CT molecular complexity index is 335. The Kier molecular flexibility index (Phi) is 4.34. The molecule has 0 aliphatic rings. The summed E-state index contributed by atoms with van der Waals surface area (Å²) in [5, 5.41) is 0. The molecule has 0 heterocycles. The topological polar surface area (TPSA) is 69.4 Å². The summed E-state index contributed by atoms with van der Waals surface area (Å²) in [6.07, 6.45) is 0.871. The summed E-state index contributed by atoms with van der Waals surface area (Å²) in [5.41, 5.74) is 5.90. The van der Waals surface area contributed by atoms with Crippen molar-refractivity contribution in [3.63, 3.8) is 0 Å². The molecule has 0 aliphatic carbocycles. The highest BCUT2D eigenvalue weighted by Crippen LogP contribution is 2.02. The number of rotatable bonds is 5. The molecule has 0 aliphatic heterocycles. The second kappa shape index (κ2) is 5.80. The van der Waals surface area contributed by atoms with E-state index in [0.717, 1.165) is 5.56 Å². The molecule has 0 saturated heterocycles. The Hall–Kier alpha value is -1.84. The van der Waals surface area contributed by atoms with Gasteiger partial charge in [0.25, 0.3) is 5.91 Å². The quantitative estimate of drug-likeness (QED) is 0.720. The number of nitrogens with two attached hydrogens (primary N) is 1. The molecule has 0 unspecified atom stereocenters. The molecule has 1 amide bonds. The van der Waals surface area contributed by atoms with Crippen LogP contribution in [0, 0.1) is 0 Å². The van der Waals surface area contributed by atoms with Crippen molar-refractivity contribution in [3.8, 4) is 0 Å². The number of carbonyl (C=O) groups excluding carboxylic acids is 2. The van der Waals surface area contributed by atoms with Crippen molar-refractivity contribution >= 4 is 11.9 Å². The molecule has 15 heavy (non-hydrogen) atoms. The molecule has 0 bridgehead atoms. The third-order valence-electron chi connectivity index (χ3n) is 1.84. The lowest BCUT2D eigenvalue weighted by molar-refractivity contribution is -0.147. The largest absolute Gasteiger partial charge is 0.456 e. The Balaban J connectivity index is 2.26. The SMILES string of the molecule is NC(=O)COC(=O)CCc1ccccc1. The highest BCUT2D eigenvalue weighted by atomic mass is 16.5. The zero-order chi connectivity index (χ0) is 11.1. The Morgan fingerprint density at radius 1 is 1.20 bits per heavy atom. The molecule has 4 nitrogen and oxygen atoms in total. The van der Waals surface area contributed by atoms with Crippen LogP contribution in [0.1, 0.15) is 12.0 Å². The molecule has 0 aromatic heterocycles.